The molecule has 1 N–H and O–H groups in total. The molecule has 8 nitrogen and oxygen atoms in total. The minimum Gasteiger partial charge on any atom is -0.493 e. The second kappa shape index (κ2) is 8.74. The number of ether oxygens (including phenoxy) is 2. The zero-order chi connectivity index (χ0) is 25.8. The molecular formula is C28H21ClN2O6. The number of halogens is 1. The molecule has 0 radical (unpaired) electrons. The van der Waals surface area contributed by atoms with Gasteiger partial charge in [0.1, 0.15) is 0 Å². The molecule has 2 bridgehead atoms. The number of carbonyl (C=O) groups is 3. The maximum Gasteiger partial charge on any atom is 0.341 e. The van der Waals surface area contributed by atoms with Crippen molar-refractivity contribution in [2.75, 3.05) is 13.7 Å². The molecule has 3 aromatic rings. The quantitative estimate of drug-likeness (QED) is 0.391. The monoisotopic (exact) mass is 516 g/mol. The van der Waals surface area contributed by atoms with Crippen molar-refractivity contribution in [3.63, 3.8) is 0 Å². The van der Waals surface area contributed by atoms with Gasteiger partial charge in [-0.1, -0.05) is 60.1 Å². The molecule has 3 aromatic carbocycles. The lowest BCUT2D eigenvalue weighted by molar-refractivity contribution is -0.140. The molecule has 7 rings (SSSR count). The van der Waals surface area contributed by atoms with Crippen LogP contribution in [0.3, 0.4) is 0 Å². The number of carbonyl (C=O) groups excluding carboxylic acids is 2. The van der Waals surface area contributed by atoms with Crippen molar-refractivity contribution in [1.29, 1.82) is 0 Å². The van der Waals surface area contributed by atoms with Crippen molar-refractivity contribution in [2.24, 2.45) is 16.9 Å². The zero-order valence-corrected chi connectivity index (χ0v) is 20.4. The highest BCUT2D eigenvalue weighted by atomic mass is 35.5. The van der Waals surface area contributed by atoms with Crippen LogP contribution in [0.25, 0.3) is 0 Å². The van der Waals surface area contributed by atoms with E-state index in [1.54, 1.807) is 6.07 Å². The van der Waals surface area contributed by atoms with Crippen LogP contribution in [0.1, 0.15) is 39.7 Å². The molecule has 4 aliphatic rings. The zero-order valence-electron chi connectivity index (χ0n) is 19.6. The predicted octanol–water partition coefficient (Wildman–Crippen LogP) is 4.04. The Bertz CT molecular complexity index is 1390. The molecule has 0 aromatic heterocycles. The number of methoxy groups -OCH3 is 1. The Hall–Kier alpha value is -4.17. The molecule has 2 atom stereocenters. The van der Waals surface area contributed by atoms with Crippen LogP contribution in [0.15, 0.2) is 65.8 Å². The highest BCUT2D eigenvalue weighted by Crippen LogP contribution is 2.60. The van der Waals surface area contributed by atoms with Crippen LogP contribution in [-0.4, -0.2) is 47.8 Å². The maximum atomic E-state index is 13.6. The van der Waals surface area contributed by atoms with Gasteiger partial charge in [-0.15, -0.1) is 0 Å². The van der Waals surface area contributed by atoms with Gasteiger partial charge < -0.3 is 14.6 Å². The normalized spacial score (nSPS) is 23.1. The molecule has 9 heteroatoms. The lowest BCUT2D eigenvalue weighted by atomic mass is 9.55. The van der Waals surface area contributed by atoms with E-state index in [1.165, 1.54) is 19.4 Å². The Morgan fingerprint density at radius 1 is 0.973 bits per heavy atom. The number of carboxylic acids is 1. The molecule has 1 heterocycles. The van der Waals surface area contributed by atoms with E-state index in [-0.39, 0.29) is 40.2 Å². The van der Waals surface area contributed by atoms with E-state index in [1.807, 2.05) is 48.5 Å². The summed E-state index contributed by atoms with van der Waals surface area (Å²) in [6, 6.07) is 19.1. The Morgan fingerprint density at radius 3 is 1.95 bits per heavy atom. The average molecular weight is 517 g/mol. The van der Waals surface area contributed by atoms with Crippen molar-refractivity contribution in [3.8, 4) is 11.5 Å². The van der Waals surface area contributed by atoms with Gasteiger partial charge in [0.05, 0.1) is 30.2 Å². The van der Waals surface area contributed by atoms with Crippen LogP contribution in [0.5, 0.6) is 11.5 Å². The molecular weight excluding hydrogens is 496 g/mol. The summed E-state index contributed by atoms with van der Waals surface area (Å²) in [5.41, 5.74) is 4.82. The first-order chi connectivity index (χ1) is 17.9. The summed E-state index contributed by atoms with van der Waals surface area (Å²) in [5.74, 6) is -3.00. The van der Waals surface area contributed by atoms with Gasteiger partial charge in [0, 0.05) is 11.8 Å². The van der Waals surface area contributed by atoms with Crippen molar-refractivity contribution >= 4 is 35.6 Å². The topological polar surface area (TPSA) is 106 Å². The van der Waals surface area contributed by atoms with Crippen LogP contribution in [0.4, 0.5) is 0 Å². The lowest BCUT2D eigenvalue weighted by Gasteiger charge is -2.45. The maximum absolute atomic E-state index is 13.6. The van der Waals surface area contributed by atoms with Crippen molar-refractivity contribution in [2.45, 2.75) is 11.8 Å². The summed E-state index contributed by atoms with van der Waals surface area (Å²) in [6.45, 7) is -0.587. The third-order valence-corrected chi connectivity index (χ3v) is 7.62. The fourth-order valence-electron chi connectivity index (χ4n) is 5.99. The number of hydrogen-bond donors (Lipinski definition) is 1. The predicted molar refractivity (Wildman–Crippen MR) is 134 cm³/mol. The van der Waals surface area contributed by atoms with Crippen molar-refractivity contribution in [1.82, 2.24) is 5.01 Å². The van der Waals surface area contributed by atoms with Gasteiger partial charge in [-0.3, -0.25) is 9.59 Å². The molecule has 37 heavy (non-hydrogen) atoms. The number of amides is 2. The van der Waals surface area contributed by atoms with Crippen LogP contribution >= 0.6 is 11.6 Å². The number of benzene rings is 3. The number of nitrogens with zero attached hydrogens (tertiary/aromatic N) is 2. The van der Waals surface area contributed by atoms with Crippen molar-refractivity contribution < 1.29 is 29.0 Å². The largest absolute Gasteiger partial charge is 0.493 e. The van der Waals surface area contributed by atoms with E-state index >= 15 is 0 Å². The Labute approximate surface area is 217 Å². The van der Waals surface area contributed by atoms with Gasteiger partial charge >= 0.3 is 5.97 Å². The minimum absolute atomic E-state index is 0.0789. The van der Waals surface area contributed by atoms with E-state index < -0.39 is 24.4 Å². The lowest BCUT2D eigenvalue weighted by Crippen LogP contribution is -2.41. The number of hydrogen-bond acceptors (Lipinski definition) is 6. The van der Waals surface area contributed by atoms with Gasteiger partial charge in [-0.05, 0) is 39.9 Å². The second-order valence-electron chi connectivity index (χ2n) is 9.21. The van der Waals surface area contributed by atoms with Gasteiger partial charge in [0.25, 0.3) is 11.8 Å². The molecule has 1 aliphatic heterocycles. The SMILES string of the molecule is COc1cc(/C=N\N2C(=O)[C@@H]3C4c5ccccc5C(c5ccccc54)[C@H]3C2=O)cc(Cl)c1OCC(=O)O. The summed E-state index contributed by atoms with van der Waals surface area (Å²) in [6.07, 6.45) is 1.37. The summed E-state index contributed by atoms with van der Waals surface area (Å²) < 4.78 is 10.5. The molecule has 1 saturated heterocycles. The first-order valence-electron chi connectivity index (χ1n) is 11.7. The third-order valence-electron chi connectivity index (χ3n) is 7.34. The van der Waals surface area contributed by atoms with E-state index in [0.29, 0.717) is 5.56 Å². The minimum atomic E-state index is -1.16. The van der Waals surface area contributed by atoms with Crippen LogP contribution in [-0.2, 0) is 14.4 Å². The molecule has 0 spiro atoms. The smallest absolute Gasteiger partial charge is 0.341 e. The van der Waals surface area contributed by atoms with Crippen molar-refractivity contribution in [3.05, 3.63) is 93.5 Å². The molecule has 2 amide bonds. The number of aliphatic carboxylic acids is 1. The fraction of sp³-hybridized carbons (Fsp3) is 0.214. The molecule has 3 aliphatic carbocycles. The van der Waals surface area contributed by atoms with Gasteiger partial charge in [0.2, 0.25) is 0 Å². The summed E-state index contributed by atoms with van der Waals surface area (Å²) in [5, 5.41) is 14.3. The fourth-order valence-corrected chi connectivity index (χ4v) is 6.26. The Kier molecular flexibility index (Phi) is 5.49. The summed E-state index contributed by atoms with van der Waals surface area (Å²) in [4.78, 5) is 38.1. The van der Waals surface area contributed by atoms with E-state index in [4.69, 9.17) is 26.2 Å². The highest BCUT2D eigenvalue weighted by Gasteiger charge is 2.61. The van der Waals surface area contributed by atoms with E-state index in [2.05, 4.69) is 5.10 Å². The van der Waals surface area contributed by atoms with Crippen LogP contribution in [0.2, 0.25) is 5.02 Å². The number of imide groups is 1. The first-order valence-corrected chi connectivity index (χ1v) is 12.1. The van der Waals surface area contributed by atoms with E-state index in [0.717, 1.165) is 27.3 Å². The molecule has 0 saturated carbocycles. The summed E-state index contributed by atoms with van der Waals surface area (Å²) >= 11 is 6.29. The van der Waals surface area contributed by atoms with Gasteiger partial charge in [-0.2, -0.15) is 10.1 Å². The third kappa shape index (κ3) is 3.51. The Balaban J connectivity index is 1.35. The van der Waals surface area contributed by atoms with Gasteiger partial charge in [-0.25, -0.2) is 4.79 Å². The number of rotatable bonds is 6. The van der Waals surface area contributed by atoms with Crippen LogP contribution < -0.4 is 9.47 Å². The summed E-state index contributed by atoms with van der Waals surface area (Å²) in [7, 11) is 1.39. The molecule has 1 fully saturated rings. The highest BCUT2D eigenvalue weighted by molar-refractivity contribution is 6.32. The number of hydrazone groups is 1. The standard InChI is InChI=1S/C28H21ClN2O6/c1-36-20-11-14(10-19(29)26(20)37-13-21(32)33)12-30-31-27(34)24-22-15-6-2-3-7-16(15)23(25(24)28(31)35)18-9-5-4-8-17(18)22/h2-12,22-25H,13H2,1H3,(H,32,33)/b30-12-/t22?,23?,24-,25-/m1/s1. The molecule has 0 unspecified atom stereocenters. The molecule has 186 valence electrons. The van der Waals surface area contributed by atoms with E-state index in [9.17, 15) is 14.4 Å². The first kappa shape index (κ1) is 23.2. The second-order valence-corrected chi connectivity index (χ2v) is 9.62. The average Bonchev–Trinajstić information content (AvgIpc) is 3.16. The van der Waals surface area contributed by atoms with Gasteiger partial charge in [0.15, 0.2) is 18.1 Å². The number of carboxylic acid groups (broad SMARTS) is 1. The van der Waals surface area contributed by atoms with Crippen LogP contribution in [0, 0.1) is 11.8 Å². The Morgan fingerprint density at radius 2 is 1.49 bits per heavy atom.